The Labute approximate surface area is 112 Å². The number of halogens is 1. The normalized spacial score (nSPS) is 17.2. The van der Waals surface area contributed by atoms with Crippen molar-refractivity contribution in [2.75, 3.05) is 13.1 Å². The SMILES string of the molecule is Cn1ccnc1CCC1(c2ccccc2F)CNC1. The average Bonchev–Trinajstić information content (AvgIpc) is 2.76. The summed E-state index contributed by atoms with van der Waals surface area (Å²) in [6, 6.07) is 7.13. The molecule has 2 aromatic rings. The second-order valence-electron chi connectivity index (χ2n) is 5.32. The highest BCUT2D eigenvalue weighted by molar-refractivity contribution is 5.31. The number of hydrogen-bond donors (Lipinski definition) is 1. The fraction of sp³-hybridized carbons (Fsp3) is 0.400. The topological polar surface area (TPSA) is 29.9 Å². The molecule has 1 fully saturated rings. The predicted molar refractivity (Wildman–Crippen MR) is 72.5 cm³/mol. The van der Waals surface area contributed by atoms with E-state index < -0.39 is 0 Å². The summed E-state index contributed by atoms with van der Waals surface area (Å²) in [4.78, 5) is 4.34. The van der Waals surface area contributed by atoms with Crippen LogP contribution in [0.2, 0.25) is 0 Å². The summed E-state index contributed by atoms with van der Waals surface area (Å²) < 4.78 is 16.0. The summed E-state index contributed by atoms with van der Waals surface area (Å²) >= 11 is 0. The molecule has 1 aliphatic heterocycles. The van der Waals surface area contributed by atoms with Crippen molar-refractivity contribution in [3.05, 3.63) is 53.9 Å². The Morgan fingerprint density at radius 3 is 2.74 bits per heavy atom. The van der Waals surface area contributed by atoms with Crippen LogP contribution in [0.4, 0.5) is 4.39 Å². The van der Waals surface area contributed by atoms with Crippen LogP contribution in [-0.4, -0.2) is 22.6 Å². The number of nitrogens with zero attached hydrogens (tertiary/aromatic N) is 2. The van der Waals surface area contributed by atoms with E-state index >= 15 is 0 Å². The van der Waals surface area contributed by atoms with Gasteiger partial charge in [0.15, 0.2) is 0 Å². The quantitative estimate of drug-likeness (QED) is 0.910. The summed E-state index contributed by atoms with van der Waals surface area (Å²) in [5, 5.41) is 3.28. The summed E-state index contributed by atoms with van der Waals surface area (Å²) in [5.74, 6) is 0.964. The summed E-state index contributed by atoms with van der Waals surface area (Å²) in [7, 11) is 2.00. The van der Waals surface area contributed by atoms with Crippen LogP contribution in [0.5, 0.6) is 0 Å². The molecule has 4 heteroatoms. The lowest BCUT2D eigenvalue weighted by atomic mass is 9.71. The molecule has 0 atom stereocenters. The summed E-state index contributed by atoms with van der Waals surface area (Å²) in [6.07, 6.45) is 5.56. The monoisotopic (exact) mass is 259 g/mol. The molecule has 2 heterocycles. The molecule has 1 N–H and O–H groups in total. The van der Waals surface area contributed by atoms with Gasteiger partial charge < -0.3 is 9.88 Å². The second kappa shape index (κ2) is 4.78. The highest BCUT2D eigenvalue weighted by Crippen LogP contribution is 2.34. The van der Waals surface area contributed by atoms with Crippen LogP contribution < -0.4 is 5.32 Å². The van der Waals surface area contributed by atoms with Gasteiger partial charge in [-0.2, -0.15) is 0 Å². The van der Waals surface area contributed by atoms with E-state index in [0.717, 1.165) is 37.3 Å². The molecule has 0 spiro atoms. The second-order valence-corrected chi connectivity index (χ2v) is 5.32. The maximum atomic E-state index is 14.0. The van der Waals surface area contributed by atoms with Gasteiger partial charge >= 0.3 is 0 Å². The van der Waals surface area contributed by atoms with Crippen molar-refractivity contribution in [3.8, 4) is 0 Å². The third-order valence-corrected chi connectivity index (χ3v) is 4.12. The Morgan fingerprint density at radius 2 is 2.16 bits per heavy atom. The Kier molecular flexibility index (Phi) is 3.11. The van der Waals surface area contributed by atoms with Gasteiger partial charge in [0.05, 0.1) is 0 Å². The lowest BCUT2D eigenvalue weighted by molar-refractivity contribution is 0.248. The van der Waals surface area contributed by atoms with Gasteiger partial charge in [0, 0.05) is 44.4 Å². The van der Waals surface area contributed by atoms with Crippen LogP contribution >= 0.6 is 0 Å². The molecule has 0 unspecified atom stereocenters. The first-order valence-corrected chi connectivity index (χ1v) is 6.63. The molecule has 1 aliphatic rings. The van der Waals surface area contributed by atoms with Gasteiger partial charge in [0.2, 0.25) is 0 Å². The highest BCUT2D eigenvalue weighted by Gasteiger charge is 2.40. The van der Waals surface area contributed by atoms with Gasteiger partial charge in [0.1, 0.15) is 11.6 Å². The van der Waals surface area contributed by atoms with E-state index in [2.05, 4.69) is 10.3 Å². The molecular formula is C15H18FN3. The van der Waals surface area contributed by atoms with Crippen molar-refractivity contribution >= 4 is 0 Å². The first kappa shape index (κ1) is 12.4. The van der Waals surface area contributed by atoms with Crippen LogP contribution in [-0.2, 0) is 18.9 Å². The molecule has 3 rings (SSSR count). The highest BCUT2D eigenvalue weighted by atomic mass is 19.1. The Balaban J connectivity index is 1.81. The molecule has 0 amide bonds. The number of nitrogens with one attached hydrogen (secondary N) is 1. The van der Waals surface area contributed by atoms with E-state index in [9.17, 15) is 4.39 Å². The van der Waals surface area contributed by atoms with Crippen molar-refractivity contribution in [2.45, 2.75) is 18.3 Å². The predicted octanol–water partition coefficient (Wildman–Crippen LogP) is 2.03. The van der Waals surface area contributed by atoms with Crippen LogP contribution in [0.1, 0.15) is 17.8 Å². The number of benzene rings is 1. The lowest BCUT2D eigenvalue weighted by Crippen LogP contribution is -2.57. The number of rotatable bonds is 4. The smallest absolute Gasteiger partial charge is 0.127 e. The molecule has 1 aromatic heterocycles. The van der Waals surface area contributed by atoms with E-state index in [4.69, 9.17) is 0 Å². The number of hydrogen-bond acceptors (Lipinski definition) is 2. The molecule has 1 aromatic carbocycles. The van der Waals surface area contributed by atoms with Crippen molar-refractivity contribution in [1.82, 2.24) is 14.9 Å². The zero-order valence-corrected chi connectivity index (χ0v) is 11.1. The molecule has 19 heavy (non-hydrogen) atoms. The fourth-order valence-corrected chi connectivity index (χ4v) is 2.81. The Morgan fingerprint density at radius 1 is 1.37 bits per heavy atom. The van der Waals surface area contributed by atoms with Crippen LogP contribution in [0.25, 0.3) is 0 Å². The minimum absolute atomic E-state index is 0.0721. The fourth-order valence-electron chi connectivity index (χ4n) is 2.81. The zero-order valence-electron chi connectivity index (χ0n) is 11.1. The van der Waals surface area contributed by atoms with Gasteiger partial charge in [-0.1, -0.05) is 18.2 Å². The Hall–Kier alpha value is -1.68. The van der Waals surface area contributed by atoms with Gasteiger partial charge in [-0.05, 0) is 18.1 Å². The van der Waals surface area contributed by atoms with E-state index in [1.54, 1.807) is 12.1 Å². The molecule has 1 saturated heterocycles. The van der Waals surface area contributed by atoms with Gasteiger partial charge in [-0.15, -0.1) is 0 Å². The van der Waals surface area contributed by atoms with Crippen LogP contribution in [0.15, 0.2) is 36.7 Å². The third kappa shape index (κ3) is 2.16. The first-order valence-electron chi connectivity index (χ1n) is 6.63. The lowest BCUT2D eigenvalue weighted by Gasteiger charge is -2.43. The van der Waals surface area contributed by atoms with Crippen molar-refractivity contribution in [2.24, 2.45) is 7.05 Å². The molecule has 3 nitrogen and oxygen atoms in total. The molecule has 0 radical (unpaired) electrons. The average molecular weight is 259 g/mol. The van der Waals surface area contributed by atoms with Crippen molar-refractivity contribution in [1.29, 1.82) is 0 Å². The van der Waals surface area contributed by atoms with Crippen LogP contribution in [0.3, 0.4) is 0 Å². The van der Waals surface area contributed by atoms with E-state index in [-0.39, 0.29) is 11.2 Å². The largest absolute Gasteiger partial charge is 0.338 e. The maximum Gasteiger partial charge on any atom is 0.127 e. The molecule has 0 saturated carbocycles. The summed E-state index contributed by atoms with van der Waals surface area (Å²) in [6.45, 7) is 1.69. The molecule has 100 valence electrons. The van der Waals surface area contributed by atoms with Crippen molar-refractivity contribution in [3.63, 3.8) is 0 Å². The van der Waals surface area contributed by atoms with E-state index in [1.165, 1.54) is 0 Å². The zero-order chi connectivity index (χ0) is 13.3. The molecular weight excluding hydrogens is 241 g/mol. The first-order chi connectivity index (χ1) is 9.21. The van der Waals surface area contributed by atoms with Gasteiger partial charge in [-0.25, -0.2) is 9.37 Å². The van der Waals surface area contributed by atoms with Crippen LogP contribution in [0, 0.1) is 5.82 Å². The number of imidazole rings is 1. The summed E-state index contributed by atoms with van der Waals surface area (Å²) in [5.41, 5.74) is 0.764. The van der Waals surface area contributed by atoms with Gasteiger partial charge in [-0.3, -0.25) is 0 Å². The standard InChI is InChI=1S/C15H18FN3/c1-19-9-8-18-14(19)6-7-15(10-17-11-15)12-4-2-3-5-13(12)16/h2-5,8-9,17H,6-7,10-11H2,1H3. The van der Waals surface area contributed by atoms with Gasteiger partial charge in [0.25, 0.3) is 0 Å². The van der Waals surface area contributed by atoms with E-state index in [0.29, 0.717) is 0 Å². The number of aryl methyl sites for hydroxylation is 2. The number of aromatic nitrogens is 2. The minimum Gasteiger partial charge on any atom is -0.338 e. The minimum atomic E-state index is -0.0937. The van der Waals surface area contributed by atoms with E-state index in [1.807, 2.05) is 36.1 Å². The Bertz CT molecular complexity index is 572. The third-order valence-electron chi connectivity index (χ3n) is 4.12. The molecule has 0 aliphatic carbocycles. The maximum absolute atomic E-state index is 14.0. The van der Waals surface area contributed by atoms with Crippen molar-refractivity contribution < 1.29 is 4.39 Å². The molecule has 0 bridgehead atoms.